The first-order chi connectivity index (χ1) is 17.2. The fourth-order valence-corrected chi connectivity index (χ4v) is 6.31. The molecule has 0 atom stereocenters. The number of carbonyl (C=O) groups excluding carboxylic acids is 1. The van der Waals surface area contributed by atoms with E-state index >= 15 is 0 Å². The SMILES string of the molecule is CC(C)(O)c1cc(F)c(-c2cc(C(N)=O)c(Nc3ccc(CN4CCS(O)(O)CC4)c(F)n3)s2)c(F)c1. The third kappa shape index (κ3) is 6.25. The number of thiophene rings is 1. The largest absolute Gasteiger partial charge is 0.386 e. The van der Waals surface area contributed by atoms with Gasteiger partial charge in [-0.1, -0.05) is 0 Å². The van der Waals surface area contributed by atoms with Gasteiger partial charge in [0.1, 0.15) is 22.5 Å². The zero-order valence-corrected chi connectivity index (χ0v) is 21.7. The van der Waals surface area contributed by atoms with Gasteiger partial charge in [-0.15, -0.1) is 11.3 Å². The molecule has 0 bridgehead atoms. The molecule has 6 N–H and O–H groups in total. The van der Waals surface area contributed by atoms with Crippen molar-refractivity contribution in [3.63, 3.8) is 0 Å². The van der Waals surface area contributed by atoms with Crippen molar-refractivity contribution in [1.29, 1.82) is 0 Å². The van der Waals surface area contributed by atoms with Crippen LogP contribution in [0, 0.1) is 17.6 Å². The van der Waals surface area contributed by atoms with Gasteiger partial charge in [0.25, 0.3) is 5.91 Å². The number of anilines is 2. The Morgan fingerprint density at radius 3 is 2.32 bits per heavy atom. The highest BCUT2D eigenvalue weighted by molar-refractivity contribution is 8.24. The first kappa shape index (κ1) is 27.4. The third-order valence-corrected chi connectivity index (χ3v) is 8.76. The van der Waals surface area contributed by atoms with Crippen LogP contribution in [0.15, 0.2) is 30.3 Å². The Morgan fingerprint density at radius 1 is 1.16 bits per heavy atom. The van der Waals surface area contributed by atoms with Crippen molar-refractivity contribution < 1.29 is 32.2 Å². The molecule has 0 aliphatic carbocycles. The highest BCUT2D eigenvalue weighted by atomic mass is 32.3. The Bertz CT molecular complexity index is 1310. The second kappa shape index (κ2) is 10.2. The number of nitrogens with two attached hydrogens (primary N) is 1. The number of halogens is 3. The number of primary amides is 1. The number of aliphatic hydroxyl groups is 1. The standard InChI is InChI=1S/C24H27F3N4O4S2/c1-24(2,33)14-9-16(25)20(17(26)10-14)18-11-15(22(28)32)23(36-18)30-19-4-3-13(21(27)29-19)12-31-5-7-37(34,35)8-6-31/h3-4,9-11,33-35H,5-8,12H2,1-2H3,(H2,28,32)(H,29,30). The second-order valence-electron chi connectivity index (χ2n) is 9.35. The Kier molecular flexibility index (Phi) is 7.57. The molecule has 1 aromatic carbocycles. The molecule has 37 heavy (non-hydrogen) atoms. The zero-order valence-electron chi connectivity index (χ0n) is 20.1. The summed E-state index contributed by atoms with van der Waals surface area (Å²) in [5.41, 5.74) is 3.93. The molecule has 0 radical (unpaired) electrons. The predicted molar refractivity (Wildman–Crippen MR) is 139 cm³/mol. The van der Waals surface area contributed by atoms with Gasteiger partial charge in [0.15, 0.2) is 0 Å². The molecule has 13 heteroatoms. The van der Waals surface area contributed by atoms with Gasteiger partial charge in [0.05, 0.1) is 28.2 Å². The van der Waals surface area contributed by atoms with Gasteiger partial charge in [0, 0.05) is 30.1 Å². The number of hydrogen-bond acceptors (Lipinski definition) is 8. The van der Waals surface area contributed by atoms with Crippen molar-refractivity contribution in [3.05, 3.63) is 64.6 Å². The lowest BCUT2D eigenvalue weighted by Crippen LogP contribution is -2.37. The highest BCUT2D eigenvalue weighted by Gasteiger charge is 2.25. The number of aromatic nitrogens is 1. The Morgan fingerprint density at radius 2 is 1.78 bits per heavy atom. The molecule has 8 nitrogen and oxygen atoms in total. The van der Waals surface area contributed by atoms with Crippen LogP contribution in [-0.4, -0.2) is 54.6 Å². The second-order valence-corrected chi connectivity index (χ2v) is 12.8. The van der Waals surface area contributed by atoms with Gasteiger partial charge >= 0.3 is 0 Å². The summed E-state index contributed by atoms with van der Waals surface area (Å²) >= 11 is 0.846. The van der Waals surface area contributed by atoms with E-state index in [1.54, 1.807) is 0 Å². The number of nitrogens with zero attached hydrogens (tertiary/aromatic N) is 2. The van der Waals surface area contributed by atoms with Crippen LogP contribution in [0.4, 0.5) is 24.0 Å². The maximum atomic E-state index is 14.9. The lowest BCUT2D eigenvalue weighted by molar-refractivity contribution is 0.0778. The van der Waals surface area contributed by atoms with Crippen molar-refractivity contribution in [2.24, 2.45) is 5.73 Å². The minimum Gasteiger partial charge on any atom is -0.386 e. The summed E-state index contributed by atoms with van der Waals surface area (Å²) in [6, 6.07) is 6.31. The van der Waals surface area contributed by atoms with Crippen molar-refractivity contribution in [1.82, 2.24) is 9.88 Å². The smallest absolute Gasteiger partial charge is 0.251 e. The van der Waals surface area contributed by atoms with Gasteiger partial charge in [-0.3, -0.25) is 18.8 Å². The Labute approximate surface area is 217 Å². The molecule has 0 spiro atoms. The van der Waals surface area contributed by atoms with Crippen LogP contribution in [-0.2, 0) is 12.1 Å². The van der Waals surface area contributed by atoms with Crippen molar-refractivity contribution in [2.45, 2.75) is 26.0 Å². The van der Waals surface area contributed by atoms with E-state index in [9.17, 15) is 32.2 Å². The lowest BCUT2D eigenvalue weighted by Gasteiger charge is -2.40. The fraction of sp³-hybridized carbons (Fsp3) is 0.333. The van der Waals surface area contributed by atoms with E-state index in [0.29, 0.717) is 18.7 Å². The quantitative estimate of drug-likeness (QED) is 0.263. The van der Waals surface area contributed by atoms with Crippen LogP contribution in [0.1, 0.15) is 35.3 Å². The summed E-state index contributed by atoms with van der Waals surface area (Å²) in [6.07, 6.45) is 0. The average molecular weight is 557 g/mol. The number of amides is 1. The van der Waals surface area contributed by atoms with Gasteiger partial charge < -0.3 is 16.2 Å². The number of rotatable bonds is 7. The van der Waals surface area contributed by atoms with Crippen molar-refractivity contribution >= 4 is 38.7 Å². The van der Waals surface area contributed by atoms with Gasteiger partial charge in [-0.05, 0) is 49.7 Å². The molecule has 0 saturated carbocycles. The maximum Gasteiger partial charge on any atom is 0.251 e. The number of carbonyl (C=O) groups is 1. The number of hydrogen-bond donors (Lipinski definition) is 5. The van der Waals surface area contributed by atoms with Gasteiger partial charge in [0.2, 0.25) is 5.95 Å². The van der Waals surface area contributed by atoms with E-state index in [2.05, 4.69) is 10.3 Å². The Hall–Kier alpha value is -2.68. The molecule has 1 aliphatic rings. The average Bonchev–Trinajstić information content (AvgIpc) is 3.19. The monoisotopic (exact) mass is 556 g/mol. The predicted octanol–water partition coefficient (Wildman–Crippen LogP) is 4.86. The topological polar surface area (TPSA) is 132 Å². The summed E-state index contributed by atoms with van der Waals surface area (Å²) < 4.78 is 63.9. The first-order valence-electron chi connectivity index (χ1n) is 11.3. The summed E-state index contributed by atoms with van der Waals surface area (Å²) in [7, 11) is -2.56. The van der Waals surface area contributed by atoms with E-state index in [4.69, 9.17) is 5.73 Å². The molecule has 200 valence electrons. The summed E-state index contributed by atoms with van der Waals surface area (Å²) in [4.78, 5) is 17.9. The molecule has 4 rings (SSSR count). The van der Waals surface area contributed by atoms with Crippen LogP contribution >= 0.6 is 21.9 Å². The van der Waals surface area contributed by atoms with E-state index in [1.165, 1.54) is 32.0 Å². The van der Waals surface area contributed by atoms with E-state index < -0.39 is 39.7 Å². The minimum absolute atomic E-state index is 0.0499. The zero-order chi connectivity index (χ0) is 27.1. The lowest BCUT2D eigenvalue weighted by atomic mass is 9.96. The molecule has 3 heterocycles. The van der Waals surface area contributed by atoms with E-state index in [0.717, 1.165) is 23.5 Å². The molecule has 1 amide bonds. The van der Waals surface area contributed by atoms with Gasteiger partial charge in [-0.2, -0.15) is 15.0 Å². The first-order valence-corrected chi connectivity index (χ1v) is 14.0. The highest BCUT2D eigenvalue weighted by Crippen LogP contribution is 2.41. The summed E-state index contributed by atoms with van der Waals surface area (Å²) in [5, 5.41) is 13.0. The molecular formula is C24H27F3N4O4S2. The summed E-state index contributed by atoms with van der Waals surface area (Å²) in [6.45, 7) is 3.89. The summed E-state index contributed by atoms with van der Waals surface area (Å²) in [5.74, 6) is -2.92. The molecular weight excluding hydrogens is 529 g/mol. The van der Waals surface area contributed by atoms with E-state index in [1.807, 2.05) is 4.90 Å². The third-order valence-electron chi connectivity index (χ3n) is 6.02. The van der Waals surface area contributed by atoms with Crippen LogP contribution < -0.4 is 11.1 Å². The van der Waals surface area contributed by atoms with Gasteiger partial charge in [-0.25, -0.2) is 13.8 Å². The fourth-order valence-electron chi connectivity index (χ4n) is 3.88. The van der Waals surface area contributed by atoms with Crippen LogP contribution in [0.3, 0.4) is 0 Å². The van der Waals surface area contributed by atoms with Crippen molar-refractivity contribution in [2.75, 3.05) is 29.9 Å². The number of pyridine rings is 1. The minimum atomic E-state index is -2.56. The Balaban J connectivity index is 1.58. The molecule has 3 aromatic rings. The van der Waals surface area contributed by atoms with Crippen molar-refractivity contribution in [3.8, 4) is 10.4 Å². The molecule has 1 fully saturated rings. The maximum absolute atomic E-state index is 14.9. The molecule has 0 unspecified atom stereocenters. The number of nitrogens with one attached hydrogen (secondary N) is 1. The van der Waals surface area contributed by atoms with Crippen LogP contribution in [0.25, 0.3) is 10.4 Å². The molecule has 2 aromatic heterocycles. The van der Waals surface area contributed by atoms with E-state index in [-0.39, 0.29) is 50.4 Å². The van der Waals surface area contributed by atoms with Crippen LogP contribution in [0.5, 0.6) is 0 Å². The number of benzene rings is 1. The molecule has 1 saturated heterocycles. The van der Waals surface area contributed by atoms with Crippen LogP contribution in [0.2, 0.25) is 0 Å². The molecule has 1 aliphatic heterocycles. The normalized spacial score (nSPS) is 17.0.